The number of rotatable bonds is 4. The minimum Gasteiger partial charge on any atom is -0.365 e. The smallest absolute Gasteiger partial charge is 0.270 e. The van der Waals surface area contributed by atoms with Crippen LogP contribution in [0.3, 0.4) is 0 Å². The Morgan fingerprint density at radius 1 is 1.32 bits per heavy atom. The number of benzene rings is 1. The van der Waals surface area contributed by atoms with Crippen molar-refractivity contribution in [1.29, 1.82) is 0 Å². The zero-order valence-corrected chi connectivity index (χ0v) is 19.1. The van der Waals surface area contributed by atoms with E-state index in [0.29, 0.717) is 16.5 Å². The van der Waals surface area contributed by atoms with Gasteiger partial charge in [0, 0.05) is 22.6 Å². The highest BCUT2D eigenvalue weighted by Gasteiger charge is 2.33. The minimum atomic E-state index is -0.587. The first-order valence-electron chi connectivity index (χ1n) is 9.78. The van der Waals surface area contributed by atoms with Gasteiger partial charge < -0.3 is 11.1 Å². The lowest BCUT2D eigenvalue weighted by molar-refractivity contribution is -0.384. The molecule has 1 aromatic carbocycles. The van der Waals surface area contributed by atoms with Crippen molar-refractivity contribution in [2.24, 2.45) is 17.1 Å². The third kappa shape index (κ3) is 5.08. The number of hydrogen-bond acceptors (Lipinski definition) is 6. The second-order valence-electron chi connectivity index (χ2n) is 8.59. The van der Waals surface area contributed by atoms with Crippen molar-refractivity contribution in [2.45, 2.75) is 40.0 Å². The number of hydrogen-bond donors (Lipinski definition) is 3. The molecular formula is C21H24N4O4S2. The van der Waals surface area contributed by atoms with E-state index in [1.807, 2.05) is 0 Å². The number of fused-ring (bicyclic) bond motifs is 1. The molecule has 1 aliphatic carbocycles. The Kier molecular flexibility index (Phi) is 6.42. The third-order valence-electron chi connectivity index (χ3n) is 5.51. The van der Waals surface area contributed by atoms with Crippen molar-refractivity contribution in [3.63, 3.8) is 0 Å². The Labute approximate surface area is 189 Å². The van der Waals surface area contributed by atoms with Crippen LogP contribution < -0.4 is 16.4 Å². The molecule has 3 rings (SSSR count). The summed E-state index contributed by atoms with van der Waals surface area (Å²) in [5.74, 6) is -0.634. The van der Waals surface area contributed by atoms with Crippen LogP contribution in [-0.2, 0) is 12.8 Å². The van der Waals surface area contributed by atoms with Gasteiger partial charge in [-0.05, 0) is 54.4 Å². The molecule has 1 aromatic heterocycles. The van der Waals surface area contributed by atoms with Crippen molar-refractivity contribution in [3.8, 4) is 0 Å². The van der Waals surface area contributed by atoms with Gasteiger partial charge in [-0.2, -0.15) is 0 Å². The highest BCUT2D eigenvalue weighted by molar-refractivity contribution is 7.80. The van der Waals surface area contributed by atoms with E-state index in [1.165, 1.54) is 35.6 Å². The molecule has 4 N–H and O–H groups in total. The van der Waals surface area contributed by atoms with Crippen LogP contribution in [0.15, 0.2) is 24.3 Å². The summed E-state index contributed by atoms with van der Waals surface area (Å²) in [6, 6.07) is 5.35. The van der Waals surface area contributed by atoms with Gasteiger partial charge in [-0.1, -0.05) is 26.8 Å². The van der Waals surface area contributed by atoms with Gasteiger partial charge in [-0.3, -0.25) is 25.0 Å². The fourth-order valence-electron chi connectivity index (χ4n) is 3.74. The summed E-state index contributed by atoms with van der Waals surface area (Å²) in [6.07, 6.45) is 2.60. The fourth-order valence-corrected chi connectivity index (χ4v) is 5.34. The number of carbonyl (C=O) groups is 2. The van der Waals surface area contributed by atoms with Crippen molar-refractivity contribution < 1.29 is 14.5 Å². The molecule has 0 saturated carbocycles. The first kappa shape index (κ1) is 22.8. The number of nitrogens with two attached hydrogens (primary N) is 1. The van der Waals surface area contributed by atoms with E-state index in [0.717, 1.165) is 29.7 Å². The number of amides is 2. The fraction of sp³-hybridized carbons (Fsp3) is 0.381. The van der Waals surface area contributed by atoms with E-state index in [9.17, 15) is 19.7 Å². The lowest BCUT2D eigenvalue weighted by Gasteiger charge is -2.33. The zero-order chi connectivity index (χ0) is 22.9. The number of nitrogens with one attached hydrogen (secondary N) is 2. The second kappa shape index (κ2) is 8.72. The highest BCUT2D eigenvalue weighted by atomic mass is 32.1. The molecule has 10 heteroatoms. The number of thiocarbonyl (C=S) groups is 1. The number of non-ortho nitro benzene ring substituents is 1. The number of carbonyl (C=O) groups excluding carboxylic acids is 2. The molecule has 1 atom stereocenters. The number of nitrogens with zero attached hydrogens (tertiary/aromatic N) is 1. The van der Waals surface area contributed by atoms with Gasteiger partial charge in [0.25, 0.3) is 17.5 Å². The lowest BCUT2D eigenvalue weighted by Crippen LogP contribution is -2.34. The molecule has 0 aliphatic heterocycles. The van der Waals surface area contributed by atoms with E-state index in [-0.39, 0.29) is 21.8 Å². The highest BCUT2D eigenvalue weighted by Crippen LogP contribution is 2.44. The standard InChI is InChI=1S/C21H24N4O4S2/c1-21(2,3)12-7-8-14-15(10-12)31-19(16(14)17(22)26)24-20(30)23-18(27)11-5-4-6-13(9-11)25(28)29/h4-6,9,12H,7-8,10H2,1-3H3,(H2,22,26)(H2,23,24,27,30)/t12-/m1/s1. The molecule has 2 aromatic rings. The lowest BCUT2D eigenvalue weighted by atomic mass is 9.72. The van der Waals surface area contributed by atoms with E-state index < -0.39 is 16.7 Å². The maximum atomic E-state index is 12.4. The van der Waals surface area contributed by atoms with Gasteiger partial charge in [-0.15, -0.1) is 11.3 Å². The monoisotopic (exact) mass is 460 g/mol. The van der Waals surface area contributed by atoms with Crippen LogP contribution in [0.25, 0.3) is 0 Å². The number of anilines is 1. The normalized spacial score (nSPS) is 15.6. The van der Waals surface area contributed by atoms with Crippen LogP contribution in [0.5, 0.6) is 0 Å². The van der Waals surface area contributed by atoms with Gasteiger partial charge >= 0.3 is 0 Å². The SMILES string of the molecule is CC(C)(C)[C@@H]1CCc2c(sc(NC(=S)NC(=O)c3cccc([N+](=O)[O-])c3)c2C(N)=O)C1. The van der Waals surface area contributed by atoms with Crippen LogP contribution in [0.4, 0.5) is 10.7 Å². The Morgan fingerprint density at radius 2 is 2.03 bits per heavy atom. The number of nitro groups is 1. The van der Waals surface area contributed by atoms with Gasteiger partial charge in [0.2, 0.25) is 0 Å². The topological polar surface area (TPSA) is 127 Å². The molecule has 0 unspecified atom stereocenters. The van der Waals surface area contributed by atoms with Crippen molar-refractivity contribution >= 4 is 51.2 Å². The number of thiophene rings is 1. The Balaban J connectivity index is 1.78. The first-order valence-corrected chi connectivity index (χ1v) is 11.0. The van der Waals surface area contributed by atoms with Gasteiger partial charge in [0.15, 0.2) is 5.11 Å². The molecule has 31 heavy (non-hydrogen) atoms. The molecule has 0 radical (unpaired) electrons. The van der Waals surface area contributed by atoms with E-state index in [1.54, 1.807) is 0 Å². The largest absolute Gasteiger partial charge is 0.365 e. The van der Waals surface area contributed by atoms with Gasteiger partial charge in [-0.25, -0.2) is 0 Å². The van der Waals surface area contributed by atoms with Crippen molar-refractivity contribution in [3.05, 3.63) is 55.9 Å². The second-order valence-corrected chi connectivity index (χ2v) is 10.1. The Bertz CT molecular complexity index is 1070. The summed E-state index contributed by atoms with van der Waals surface area (Å²) >= 11 is 6.67. The summed E-state index contributed by atoms with van der Waals surface area (Å²) in [4.78, 5) is 36.0. The molecular weight excluding hydrogens is 436 g/mol. The van der Waals surface area contributed by atoms with Crippen LogP contribution in [0.1, 0.15) is 58.3 Å². The number of primary amides is 1. The van der Waals surface area contributed by atoms with Crippen LogP contribution >= 0.6 is 23.6 Å². The molecule has 0 spiro atoms. The van der Waals surface area contributed by atoms with Gasteiger partial charge in [0.05, 0.1) is 10.5 Å². The average Bonchev–Trinajstić information content (AvgIpc) is 3.04. The summed E-state index contributed by atoms with van der Waals surface area (Å²) in [5, 5.41) is 16.8. The van der Waals surface area contributed by atoms with Crippen LogP contribution in [-0.4, -0.2) is 21.9 Å². The predicted molar refractivity (Wildman–Crippen MR) is 125 cm³/mol. The first-order chi connectivity index (χ1) is 14.5. The molecule has 0 saturated heterocycles. The van der Waals surface area contributed by atoms with Crippen LogP contribution in [0.2, 0.25) is 0 Å². The Morgan fingerprint density at radius 3 is 2.65 bits per heavy atom. The summed E-state index contributed by atoms with van der Waals surface area (Å²) in [7, 11) is 0. The summed E-state index contributed by atoms with van der Waals surface area (Å²) < 4.78 is 0. The molecule has 2 amide bonds. The third-order valence-corrected chi connectivity index (χ3v) is 6.88. The molecule has 1 aliphatic rings. The maximum absolute atomic E-state index is 12.4. The summed E-state index contributed by atoms with van der Waals surface area (Å²) in [5.41, 5.74) is 7.09. The maximum Gasteiger partial charge on any atom is 0.270 e. The minimum absolute atomic E-state index is 0.00928. The molecule has 164 valence electrons. The zero-order valence-electron chi connectivity index (χ0n) is 17.5. The molecule has 0 fully saturated rings. The number of nitro benzene ring substituents is 1. The van der Waals surface area contributed by atoms with Crippen molar-refractivity contribution in [2.75, 3.05) is 5.32 Å². The van der Waals surface area contributed by atoms with Gasteiger partial charge in [0.1, 0.15) is 5.00 Å². The Hall–Kier alpha value is -2.85. The molecule has 8 nitrogen and oxygen atoms in total. The molecule has 0 bridgehead atoms. The predicted octanol–water partition coefficient (Wildman–Crippen LogP) is 4.03. The van der Waals surface area contributed by atoms with E-state index in [4.69, 9.17) is 18.0 Å². The van der Waals surface area contributed by atoms with Crippen LogP contribution in [0, 0.1) is 21.4 Å². The van der Waals surface area contributed by atoms with E-state index in [2.05, 4.69) is 31.4 Å². The summed E-state index contributed by atoms with van der Waals surface area (Å²) in [6.45, 7) is 6.63. The quantitative estimate of drug-likeness (QED) is 0.359. The van der Waals surface area contributed by atoms with E-state index >= 15 is 0 Å². The average molecular weight is 461 g/mol. The molecule has 1 heterocycles. The van der Waals surface area contributed by atoms with Crippen molar-refractivity contribution in [1.82, 2.24) is 5.32 Å².